The average molecular weight is 469 g/mol. The molecule has 0 amide bonds. The zero-order valence-electron chi connectivity index (χ0n) is 11.2. The molecule has 0 aliphatic heterocycles. The summed E-state index contributed by atoms with van der Waals surface area (Å²) in [5, 5.41) is 0. The maximum Gasteiger partial charge on any atom is 0.263 e. The van der Waals surface area contributed by atoms with Crippen molar-refractivity contribution in [2.75, 3.05) is 11.0 Å². The van der Waals surface area contributed by atoms with E-state index < -0.39 is 19.9 Å². The van der Waals surface area contributed by atoms with Crippen LogP contribution in [-0.2, 0) is 19.9 Å². The van der Waals surface area contributed by atoms with Gasteiger partial charge in [-0.3, -0.25) is 4.72 Å². The van der Waals surface area contributed by atoms with Crippen LogP contribution in [0.2, 0.25) is 0 Å². The van der Waals surface area contributed by atoms with Gasteiger partial charge in [0.1, 0.15) is 4.90 Å². The summed E-state index contributed by atoms with van der Waals surface area (Å²) in [5.74, 6) is 0. The fourth-order valence-corrected chi connectivity index (χ4v) is 4.90. The van der Waals surface area contributed by atoms with Gasteiger partial charge in [0.15, 0.2) is 9.84 Å². The third kappa shape index (κ3) is 4.09. The summed E-state index contributed by atoms with van der Waals surface area (Å²) >= 11 is 6.41. The van der Waals surface area contributed by atoms with E-state index >= 15 is 0 Å². The van der Waals surface area contributed by atoms with E-state index in [1.807, 2.05) is 0 Å². The Labute approximate surface area is 146 Å². The number of hydrogen-bond acceptors (Lipinski definition) is 4. The Hall–Kier alpha value is -0.900. The number of rotatable bonds is 4. The molecular weight excluding hydrogens is 458 g/mol. The Kier molecular flexibility index (Phi) is 5.00. The second-order valence-electron chi connectivity index (χ2n) is 4.48. The van der Waals surface area contributed by atoms with Crippen LogP contribution in [0.3, 0.4) is 0 Å². The van der Waals surface area contributed by atoms with E-state index in [-0.39, 0.29) is 15.5 Å². The summed E-state index contributed by atoms with van der Waals surface area (Å²) in [4.78, 5) is 0.0904. The van der Waals surface area contributed by atoms with Gasteiger partial charge in [-0.15, -0.1) is 0 Å². The summed E-state index contributed by atoms with van der Waals surface area (Å²) in [7, 11) is -7.26. The van der Waals surface area contributed by atoms with E-state index in [0.29, 0.717) is 8.95 Å². The molecule has 2 rings (SSSR count). The molecule has 2 aromatic carbocycles. The zero-order valence-corrected chi connectivity index (χ0v) is 16.1. The number of nitrogens with one attached hydrogen (secondary N) is 1. The fraction of sp³-hybridized carbons (Fsp3) is 0.0769. The van der Waals surface area contributed by atoms with Crippen molar-refractivity contribution in [3.05, 3.63) is 51.4 Å². The number of hydrogen-bond donors (Lipinski definition) is 1. The van der Waals surface area contributed by atoms with E-state index in [9.17, 15) is 16.8 Å². The van der Waals surface area contributed by atoms with E-state index in [1.165, 1.54) is 30.3 Å². The quantitative estimate of drug-likeness (QED) is 0.745. The van der Waals surface area contributed by atoms with Crippen molar-refractivity contribution in [2.24, 2.45) is 0 Å². The number of benzene rings is 2. The van der Waals surface area contributed by atoms with Gasteiger partial charge in [-0.1, -0.05) is 22.0 Å². The Morgan fingerprint density at radius 1 is 0.955 bits per heavy atom. The molecule has 0 aliphatic carbocycles. The van der Waals surface area contributed by atoms with Gasteiger partial charge in [-0.2, -0.15) is 0 Å². The smallest absolute Gasteiger partial charge is 0.263 e. The topological polar surface area (TPSA) is 80.3 Å². The molecule has 5 nitrogen and oxygen atoms in total. The molecule has 0 radical (unpaired) electrons. The highest BCUT2D eigenvalue weighted by atomic mass is 79.9. The van der Waals surface area contributed by atoms with Crippen molar-refractivity contribution in [3.8, 4) is 0 Å². The van der Waals surface area contributed by atoms with Crippen molar-refractivity contribution in [1.29, 1.82) is 0 Å². The highest BCUT2D eigenvalue weighted by Gasteiger charge is 2.19. The molecule has 0 bridgehead atoms. The molecule has 0 saturated carbocycles. The number of sulfonamides is 1. The minimum Gasteiger partial charge on any atom is -0.280 e. The van der Waals surface area contributed by atoms with E-state index in [4.69, 9.17) is 0 Å². The minimum absolute atomic E-state index is 0.0426. The maximum atomic E-state index is 12.4. The van der Waals surface area contributed by atoms with Crippen LogP contribution in [0.1, 0.15) is 0 Å². The van der Waals surface area contributed by atoms with E-state index in [1.54, 1.807) is 12.1 Å². The lowest BCUT2D eigenvalue weighted by molar-refractivity contribution is 0.598. The predicted molar refractivity (Wildman–Crippen MR) is 92.2 cm³/mol. The first-order chi connectivity index (χ1) is 10.1. The molecule has 22 heavy (non-hydrogen) atoms. The molecule has 0 atom stereocenters. The van der Waals surface area contributed by atoms with Crippen molar-refractivity contribution in [1.82, 2.24) is 0 Å². The van der Waals surface area contributed by atoms with Gasteiger partial charge in [-0.05, 0) is 52.3 Å². The van der Waals surface area contributed by atoms with Crippen LogP contribution in [0.15, 0.2) is 61.2 Å². The van der Waals surface area contributed by atoms with E-state index in [0.717, 1.165) is 6.26 Å². The van der Waals surface area contributed by atoms with Crippen LogP contribution in [0, 0.1) is 0 Å². The second kappa shape index (κ2) is 6.31. The molecule has 0 fully saturated rings. The molecule has 0 saturated heterocycles. The van der Waals surface area contributed by atoms with Crippen LogP contribution >= 0.6 is 31.9 Å². The Morgan fingerprint density at radius 3 is 2.27 bits per heavy atom. The average Bonchev–Trinajstić information content (AvgIpc) is 2.40. The normalized spacial score (nSPS) is 12.1. The van der Waals surface area contributed by atoms with Crippen molar-refractivity contribution < 1.29 is 16.8 Å². The Morgan fingerprint density at radius 2 is 1.64 bits per heavy atom. The SMILES string of the molecule is CS(=O)(=O)c1cccc(NS(=O)(=O)c2cc(Br)ccc2Br)c1. The first kappa shape index (κ1) is 17.5. The van der Waals surface area contributed by atoms with Crippen LogP contribution in [0.4, 0.5) is 5.69 Å². The zero-order chi connectivity index (χ0) is 16.5. The fourth-order valence-electron chi connectivity index (χ4n) is 1.68. The lowest BCUT2D eigenvalue weighted by Crippen LogP contribution is -2.14. The van der Waals surface area contributed by atoms with Gasteiger partial charge in [0, 0.05) is 15.2 Å². The summed E-state index contributed by atoms with van der Waals surface area (Å²) in [5.41, 5.74) is 0.176. The molecular formula is C13H11Br2NO4S2. The largest absolute Gasteiger partial charge is 0.280 e. The number of sulfone groups is 1. The van der Waals surface area contributed by atoms with Gasteiger partial charge in [-0.25, -0.2) is 16.8 Å². The van der Waals surface area contributed by atoms with E-state index in [2.05, 4.69) is 36.6 Å². The lowest BCUT2D eigenvalue weighted by Gasteiger charge is -2.11. The summed E-state index contributed by atoms with van der Waals surface area (Å²) in [6.07, 6.45) is 1.06. The van der Waals surface area contributed by atoms with Crippen LogP contribution < -0.4 is 4.72 Å². The van der Waals surface area contributed by atoms with Crippen molar-refractivity contribution >= 4 is 57.4 Å². The number of anilines is 1. The summed E-state index contributed by atoms with van der Waals surface area (Å²) in [6.45, 7) is 0. The molecule has 0 unspecified atom stereocenters. The monoisotopic (exact) mass is 467 g/mol. The lowest BCUT2D eigenvalue weighted by atomic mass is 10.3. The van der Waals surface area contributed by atoms with Crippen molar-refractivity contribution in [2.45, 2.75) is 9.79 Å². The standard InChI is InChI=1S/C13H11Br2NO4S2/c1-21(17,18)11-4-2-3-10(8-11)16-22(19,20)13-7-9(14)5-6-12(13)15/h2-8,16H,1H3. The van der Waals surface area contributed by atoms with Crippen LogP contribution in [0.5, 0.6) is 0 Å². The first-order valence-electron chi connectivity index (χ1n) is 5.87. The summed E-state index contributed by atoms with van der Waals surface area (Å²) < 4.78 is 51.3. The Bertz CT molecular complexity index is 925. The molecule has 2 aromatic rings. The van der Waals surface area contributed by atoms with Crippen molar-refractivity contribution in [3.63, 3.8) is 0 Å². The molecule has 0 spiro atoms. The molecule has 118 valence electrons. The van der Waals surface area contributed by atoms with Gasteiger partial charge in [0.25, 0.3) is 10.0 Å². The highest BCUT2D eigenvalue weighted by Crippen LogP contribution is 2.27. The Balaban J connectivity index is 2.44. The first-order valence-corrected chi connectivity index (χ1v) is 10.8. The second-order valence-corrected chi connectivity index (χ2v) is 9.92. The molecule has 9 heteroatoms. The van der Waals surface area contributed by atoms with Gasteiger partial charge in [0.05, 0.1) is 10.6 Å². The minimum atomic E-state index is -3.85. The van der Waals surface area contributed by atoms with Gasteiger partial charge >= 0.3 is 0 Å². The number of halogens is 2. The maximum absolute atomic E-state index is 12.4. The van der Waals surface area contributed by atoms with Gasteiger partial charge < -0.3 is 0 Å². The molecule has 1 N–H and O–H groups in total. The van der Waals surface area contributed by atoms with Crippen LogP contribution in [-0.4, -0.2) is 23.1 Å². The molecule has 0 aliphatic rings. The third-order valence-corrected chi connectivity index (χ3v) is 6.68. The molecule has 0 aromatic heterocycles. The molecule has 0 heterocycles. The summed E-state index contributed by atoms with van der Waals surface area (Å²) in [6, 6.07) is 10.4. The predicted octanol–water partition coefficient (Wildman–Crippen LogP) is 3.42. The third-order valence-electron chi connectivity index (χ3n) is 2.70. The highest BCUT2D eigenvalue weighted by molar-refractivity contribution is 9.11. The van der Waals surface area contributed by atoms with Gasteiger partial charge in [0.2, 0.25) is 0 Å². The van der Waals surface area contributed by atoms with Crippen LogP contribution in [0.25, 0.3) is 0 Å².